The Hall–Kier alpha value is -0.160. The molecular formula is C10H21NO3. The summed E-state index contributed by atoms with van der Waals surface area (Å²) in [5, 5.41) is 11.8. The molecule has 4 heteroatoms. The summed E-state index contributed by atoms with van der Waals surface area (Å²) in [6.45, 7) is 6.09. The average molecular weight is 203 g/mol. The van der Waals surface area contributed by atoms with E-state index in [-0.39, 0.29) is 6.61 Å². The number of aliphatic hydroxyl groups excluding tert-OH is 1. The quantitative estimate of drug-likeness (QED) is 0.572. The van der Waals surface area contributed by atoms with E-state index in [1.165, 1.54) is 0 Å². The van der Waals surface area contributed by atoms with Crippen LogP contribution in [0.2, 0.25) is 0 Å². The zero-order chi connectivity index (χ0) is 10.2. The molecule has 4 nitrogen and oxygen atoms in total. The van der Waals surface area contributed by atoms with Gasteiger partial charge in [0, 0.05) is 19.7 Å². The monoisotopic (exact) mass is 203 g/mol. The van der Waals surface area contributed by atoms with E-state index in [0.717, 1.165) is 26.1 Å². The Bertz CT molecular complexity index is 143. The third kappa shape index (κ3) is 4.37. The van der Waals surface area contributed by atoms with Crippen molar-refractivity contribution in [1.29, 1.82) is 0 Å². The van der Waals surface area contributed by atoms with Gasteiger partial charge in [0.15, 0.2) is 0 Å². The van der Waals surface area contributed by atoms with Crippen LogP contribution >= 0.6 is 0 Å². The molecule has 0 aromatic heterocycles. The molecular weight excluding hydrogens is 182 g/mol. The van der Waals surface area contributed by atoms with Gasteiger partial charge in [0.05, 0.1) is 25.9 Å². The maximum Gasteiger partial charge on any atom is 0.0698 e. The maximum absolute atomic E-state index is 8.47. The van der Waals surface area contributed by atoms with Crippen molar-refractivity contribution in [1.82, 2.24) is 5.32 Å². The second kappa shape index (κ2) is 7.17. The standard InChI is InChI=1S/C10H21NO3/c1-9-10(2-5-14-9)8-11-3-6-13-7-4-12/h9-12H,2-8H2,1H3. The van der Waals surface area contributed by atoms with Crippen molar-refractivity contribution >= 4 is 0 Å². The molecule has 0 bridgehead atoms. The molecule has 0 aliphatic carbocycles. The first kappa shape index (κ1) is 11.9. The summed E-state index contributed by atoms with van der Waals surface area (Å²) in [5.41, 5.74) is 0. The van der Waals surface area contributed by atoms with Crippen molar-refractivity contribution in [2.24, 2.45) is 5.92 Å². The van der Waals surface area contributed by atoms with Gasteiger partial charge in [-0.05, 0) is 19.3 Å². The molecule has 0 radical (unpaired) electrons. The van der Waals surface area contributed by atoms with Crippen LogP contribution in [0.3, 0.4) is 0 Å². The van der Waals surface area contributed by atoms with Gasteiger partial charge in [0.25, 0.3) is 0 Å². The van der Waals surface area contributed by atoms with Crippen LogP contribution in [0.4, 0.5) is 0 Å². The summed E-state index contributed by atoms with van der Waals surface area (Å²) in [4.78, 5) is 0. The largest absolute Gasteiger partial charge is 0.394 e. The second-order valence-electron chi connectivity index (χ2n) is 3.66. The highest BCUT2D eigenvalue weighted by atomic mass is 16.5. The molecule has 0 spiro atoms. The highest BCUT2D eigenvalue weighted by molar-refractivity contribution is 4.74. The first-order chi connectivity index (χ1) is 6.84. The molecule has 1 heterocycles. The highest BCUT2D eigenvalue weighted by Gasteiger charge is 2.23. The lowest BCUT2D eigenvalue weighted by Crippen LogP contribution is -2.29. The van der Waals surface area contributed by atoms with Crippen LogP contribution in [0, 0.1) is 5.92 Å². The number of rotatable bonds is 7. The van der Waals surface area contributed by atoms with Crippen molar-refractivity contribution in [3.05, 3.63) is 0 Å². The van der Waals surface area contributed by atoms with Gasteiger partial charge in [-0.1, -0.05) is 0 Å². The Morgan fingerprint density at radius 2 is 2.36 bits per heavy atom. The molecule has 2 atom stereocenters. The Kier molecular flexibility index (Phi) is 6.10. The van der Waals surface area contributed by atoms with Crippen molar-refractivity contribution in [2.75, 3.05) is 39.5 Å². The van der Waals surface area contributed by atoms with E-state index >= 15 is 0 Å². The SMILES string of the molecule is CC1OCCC1CNCCOCCO. The van der Waals surface area contributed by atoms with Crippen LogP contribution in [0.5, 0.6) is 0 Å². The van der Waals surface area contributed by atoms with E-state index in [9.17, 15) is 0 Å². The van der Waals surface area contributed by atoms with Crippen LogP contribution < -0.4 is 5.32 Å². The lowest BCUT2D eigenvalue weighted by atomic mass is 10.0. The molecule has 1 fully saturated rings. The van der Waals surface area contributed by atoms with Gasteiger partial charge in [-0.15, -0.1) is 0 Å². The van der Waals surface area contributed by atoms with Crippen molar-refractivity contribution in [3.63, 3.8) is 0 Å². The number of hydrogen-bond donors (Lipinski definition) is 2. The van der Waals surface area contributed by atoms with E-state index in [0.29, 0.717) is 25.2 Å². The molecule has 14 heavy (non-hydrogen) atoms. The van der Waals surface area contributed by atoms with E-state index < -0.39 is 0 Å². The molecule has 0 saturated carbocycles. The van der Waals surface area contributed by atoms with E-state index in [1.54, 1.807) is 0 Å². The van der Waals surface area contributed by atoms with Gasteiger partial charge in [-0.25, -0.2) is 0 Å². The van der Waals surface area contributed by atoms with Crippen LogP contribution in [0.25, 0.3) is 0 Å². The lowest BCUT2D eigenvalue weighted by Gasteiger charge is -2.14. The molecule has 1 aliphatic heterocycles. The minimum atomic E-state index is 0.105. The molecule has 0 aromatic carbocycles. The van der Waals surface area contributed by atoms with Gasteiger partial charge in [-0.2, -0.15) is 0 Å². The van der Waals surface area contributed by atoms with Crippen LogP contribution in [-0.2, 0) is 9.47 Å². The number of nitrogens with one attached hydrogen (secondary N) is 1. The fourth-order valence-corrected chi connectivity index (χ4v) is 1.64. The van der Waals surface area contributed by atoms with E-state index in [4.69, 9.17) is 14.6 Å². The third-order valence-corrected chi connectivity index (χ3v) is 2.60. The Morgan fingerprint density at radius 1 is 1.50 bits per heavy atom. The number of ether oxygens (including phenoxy) is 2. The fourth-order valence-electron chi connectivity index (χ4n) is 1.64. The molecule has 1 aliphatic rings. The fraction of sp³-hybridized carbons (Fsp3) is 1.00. The molecule has 0 amide bonds. The van der Waals surface area contributed by atoms with E-state index in [2.05, 4.69) is 12.2 Å². The zero-order valence-electron chi connectivity index (χ0n) is 8.87. The molecule has 84 valence electrons. The maximum atomic E-state index is 8.47. The van der Waals surface area contributed by atoms with Gasteiger partial charge in [-0.3, -0.25) is 0 Å². The van der Waals surface area contributed by atoms with Gasteiger partial charge >= 0.3 is 0 Å². The third-order valence-electron chi connectivity index (χ3n) is 2.60. The van der Waals surface area contributed by atoms with Crippen LogP contribution in [0.15, 0.2) is 0 Å². The summed E-state index contributed by atoms with van der Waals surface area (Å²) >= 11 is 0. The Labute approximate surface area is 85.6 Å². The summed E-state index contributed by atoms with van der Waals surface area (Å²) < 4.78 is 10.6. The van der Waals surface area contributed by atoms with Gasteiger partial charge < -0.3 is 19.9 Å². The van der Waals surface area contributed by atoms with Crippen molar-refractivity contribution in [3.8, 4) is 0 Å². The topological polar surface area (TPSA) is 50.7 Å². The Balaban J connectivity index is 1.88. The van der Waals surface area contributed by atoms with Crippen molar-refractivity contribution < 1.29 is 14.6 Å². The lowest BCUT2D eigenvalue weighted by molar-refractivity contribution is 0.0899. The summed E-state index contributed by atoms with van der Waals surface area (Å²) in [6, 6.07) is 0. The minimum absolute atomic E-state index is 0.105. The molecule has 2 N–H and O–H groups in total. The number of hydrogen-bond acceptors (Lipinski definition) is 4. The van der Waals surface area contributed by atoms with Crippen LogP contribution in [-0.4, -0.2) is 50.7 Å². The van der Waals surface area contributed by atoms with Crippen molar-refractivity contribution in [2.45, 2.75) is 19.4 Å². The predicted molar refractivity (Wildman–Crippen MR) is 54.3 cm³/mol. The number of aliphatic hydroxyl groups is 1. The predicted octanol–water partition coefficient (Wildman–Crippen LogP) is 0.00990. The minimum Gasteiger partial charge on any atom is -0.394 e. The average Bonchev–Trinajstić information content (AvgIpc) is 2.58. The molecule has 1 rings (SSSR count). The molecule has 0 aromatic rings. The molecule has 1 saturated heterocycles. The normalized spacial score (nSPS) is 27.0. The Morgan fingerprint density at radius 3 is 3.00 bits per heavy atom. The molecule has 2 unspecified atom stereocenters. The summed E-state index contributed by atoms with van der Waals surface area (Å²) in [6.07, 6.45) is 1.55. The van der Waals surface area contributed by atoms with E-state index in [1.807, 2.05) is 0 Å². The van der Waals surface area contributed by atoms with Gasteiger partial charge in [0.1, 0.15) is 0 Å². The highest BCUT2D eigenvalue weighted by Crippen LogP contribution is 2.18. The smallest absolute Gasteiger partial charge is 0.0698 e. The zero-order valence-corrected chi connectivity index (χ0v) is 8.87. The summed E-state index contributed by atoms with van der Waals surface area (Å²) in [5.74, 6) is 0.646. The summed E-state index contributed by atoms with van der Waals surface area (Å²) in [7, 11) is 0. The van der Waals surface area contributed by atoms with Crippen LogP contribution in [0.1, 0.15) is 13.3 Å². The van der Waals surface area contributed by atoms with Gasteiger partial charge in [0.2, 0.25) is 0 Å². The first-order valence-corrected chi connectivity index (χ1v) is 5.35. The first-order valence-electron chi connectivity index (χ1n) is 5.35. The second-order valence-corrected chi connectivity index (χ2v) is 3.66.